The Labute approximate surface area is 192 Å². The number of para-hydroxylation sites is 1. The first-order chi connectivity index (χ1) is 15.7. The van der Waals surface area contributed by atoms with E-state index in [0.717, 1.165) is 45.7 Å². The third-order valence-electron chi connectivity index (χ3n) is 5.96. The number of hydrogen-bond acceptors (Lipinski definition) is 5. The fraction of sp³-hybridized carbons (Fsp3) is 0.400. The van der Waals surface area contributed by atoms with Crippen LogP contribution in [0.1, 0.15) is 29.3 Å². The number of aromatic nitrogens is 2. The lowest BCUT2D eigenvalue weighted by molar-refractivity contribution is -0.908. The van der Waals surface area contributed by atoms with Crippen molar-refractivity contribution in [3.05, 3.63) is 70.0 Å². The fourth-order valence-corrected chi connectivity index (χ4v) is 4.91. The third-order valence-corrected chi connectivity index (χ3v) is 6.93. The number of nitrogens with zero attached hydrogens (tertiary/aromatic N) is 2. The fourth-order valence-electron chi connectivity index (χ4n) is 3.99. The minimum atomic E-state index is -0.0326. The zero-order chi connectivity index (χ0) is 22.3. The molecule has 32 heavy (non-hydrogen) atoms. The normalized spacial score (nSPS) is 14.7. The molecule has 0 bridgehead atoms. The van der Waals surface area contributed by atoms with Gasteiger partial charge in [-0.3, -0.25) is 14.2 Å². The summed E-state index contributed by atoms with van der Waals surface area (Å²) in [6, 6.07) is 15.2. The molecule has 1 saturated heterocycles. The van der Waals surface area contributed by atoms with Crippen LogP contribution in [-0.4, -0.2) is 53.9 Å². The third kappa shape index (κ3) is 5.46. The molecule has 0 amide bonds. The lowest BCUT2D eigenvalue weighted by Gasteiger charge is -2.24. The summed E-state index contributed by atoms with van der Waals surface area (Å²) in [6.45, 7) is 7.32. The molecule has 0 saturated carbocycles. The molecule has 0 atom stereocenters. The van der Waals surface area contributed by atoms with E-state index in [1.54, 1.807) is 4.57 Å². The zero-order valence-electron chi connectivity index (χ0n) is 18.5. The van der Waals surface area contributed by atoms with Gasteiger partial charge in [-0.2, -0.15) is 0 Å². The highest BCUT2D eigenvalue weighted by molar-refractivity contribution is 7.99. The molecule has 2 heterocycles. The van der Waals surface area contributed by atoms with E-state index in [4.69, 9.17) is 9.72 Å². The van der Waals surface area contributed by atoms with Gasteiger partial charge in [0, 0.05) is 18.5 Å². The van der Waals surface area contributed by atoms with Crippen molar-refractivity contribution in [2.24, 2.45) is 0 Å². The van der Waals surface area contributed by atoms with Gasteiger partial charge in [0.2, 0.25) is 0 Å². The second kappa shape index (κ2) is 10.9. The van der Waals surface area contributed by atoms with E-state index in [9.17, 15) is 9.59 Å². The monoisotopic (exact) mass is 452 g/mol. The van der Waals surface area contributed by atoms with Crippen molar-refractivity contribution < 1.29 is 14.4 Å². The highest BCUT2D eigenvalue weighted by Crippen LogP contribution is 2.20. The average Bonchev–Trinajstić information content (AvgIpc) is 2.85. The molecular weight excluding hydrogens is 422 g/mol. The Bertz CT molecular complexity index is 1120. The van der Waals surface area contributed by atoms with Gasteiger partial charge < -0.3 is 9.64 Å². The van der Waals surface area contributed by atoms with E-state index in [1.807, 2.05) is 48.5 Å². The number of fused-ring (bicyclic) bond motifs is 1. The summed E-state index contributed by atoms with van der Waals surface area (Å²) in [5.41, 5.74) is 2.55. The second-order valence-electron chi connectivity index (χ2n) is 8.10. The van der Waals surface area contributed by atoms with Crippen LogP contribution in [0, 0.1) is 0 Å². The summed E-state index contributed by atoms with van der Waals surface area (Å²) in [6.07, 6.45) is 1.83. The molecule has 0 spiro atoms. The molecule has 1 aliphatic rings. The van der Waals surface area contributed by atoms with Crippen LogP contribution in [0.5, 0.6) is 0 Å². The van der Waals surface area contributed by atoms with E-state index in [-0.39, 0.29) is 17.1 Å². The Morgan fingerprint density at radius 3 is 2.62 bits per heavy atom. The molecule has 7 heteroatoms. The Hall–Kier alpha value is -2.48. The van der Waals surface area contributed by atoms with Gasteiger partial charge in [-0.25, -0.2) is 4.98 Å². The lowest BCUT2D eigenvalue weighted by atomic mass is 10.1. The molecule has 6 nitrogen and oxygen atoms in total. The maximum absolute atomic E-state index is 13.2. The number of aryl methyl sites for hydroxylation is 1. The number of ether oxygens (including phenoxy) is 1. The number of nitrogens with one attached hydrogen (secondary N) is 1. The highest BCUT2D eigenvalue weighted by atomic mass is 32.2. The Kier molecular flexibility index (Phi) is 7.73. The van der Waals surface area contributed by atoms with Crippen molar-refractivity contribution in [2.45, 2.75) is 31.5 Å². The van der Waals surface area contributed by atoms with Gasteiger partial charge in [0.1, 0.15) is 13.1 Å². The van der Waals surface area contributed by atoms with Gasteiger partial charge in [0.25, 0.3) is 5.56 Å². The lowest BCUT2D eigenvalue weighted by Crippen LogP contribution is -3.14. The SMILES string of the molecule is CCc1ccc(C(=O)CSc2nc3ccccc3c(=O)n2CCC[NH+]2CCOCC2)cc1. The standard InChI is InChI=1S/C25H29N3O3S/c1-2-19-8-10-20(11-9-19)23(29)18-32-25-26-22-7-4-3-6-21(22)24(30)28(25)13-5-12-27-14-16-31-17-15-27/h3-4,6-11H,2,5,12-18H2,1H3/p+1. The number of Topliss-reactive ketones (excluding diaryl/α,β-unsaturated/α-hetero) is 1. The number of benzene rings is 2. The van der Waals surface area contributed by atoms with Crippen LogP contribution in [0.25, 0.3) is 10.9 Å². The first kappa shape index (κ1) is 22.7. The quantitative estimate of drug-likeness (QED) is 0.306. The smallest absolute Gasteiger partial charge is 0.262 e. The molecule has 0 radical (unpaired) electrons. The number of thioether (sulfide) groups is 1. The maximum atomic E-state index is 13.2. The molecule has 1 N–H and O–H groups in total. The molecule has 1 aliphatic heterocycles. The summed E-state index contributed by atoms with van der Waals surface area (Å²) in [5, 5.41) is 1.24. The Morgan fingerprint density at radius 2 is 1.88 bits per heavy atom. The summed E-state index contributed by atoms with van der Waals surface area (Å²) < 4.78 is 7.18. The number of rotatable bonds is 9. The summed E-state index contributed by atoms with van der Waals surface area (Å²) >= 11 is 1.35. The van der Waals surface area contributed by atoms with Gasteiger partial charge in [-0.05, 0) is 24.1 Å². The predicted octanol–water partition coefficient (Wildman–Crippen LogP) is 2.24. The molecule has 4 rings (SSSR count). The summed E-state index contributed by atoms with van der Waals surface area (Å²) in [5.74, 6) is 0.301. The topological polar surface area (TPSA) is 65.6 Å². The molecule has 168 valence electrons. The van der Waals surface area contributed by atoms with Gasteiger partial charge in [0.05, 0.1) is 36.4 Å². The van der Waals surface area contributed by atoms with Crippen LogP contribution in [-0.2, 0) is 17.7 Å². The maximum Gasteiger partial charge on any atom is 0.262 e. The van der Waals surface area contributed by atoms with Gasteiger partial charge in [-0.1, -0.05) is 55.1 Å². The van der Waals surface area contributed by atoms with Crippen LogP contribution < -0.4 is 10.5 Å². The van der Waals surface area contributed by atoms with E-state index >= 15 is 0 Å². The Balaban J connectivity index is 1.51. The van der Waals surface area contributed by atoms with Crippen molar-refractivity contribution in [3.63, 3.8) is 0 Å². The minimum absolute atomic E-state index is 0.0326. The molecule has 1 aromatic heterocycles. The van der Waals surface area contributed by atoms with E-state index < -0.39 is 0 Å². The minimum Gasteiger partial charge on any atom is -0.370 e. The zero-order valence-corrected chi connectivity index (χ0v) is 19.3. The average molecular weight is 453 g/mol. The van der Waals surface area contributed by atoms with Crippen LogP contribution in [0.15, 0.2) is 58.5 Å². The summed E-state index contributed by atoms with van der Waals surface area (Å²) in [4.78, 5) is 32.2. The van der Waals surface area contributed by atoms with Crippen molar-refractivity contribution in [3.8, 4) is 0 Å². The summed E-state index contributed by atoms with van der Waals surface area (Å²) in [7, 11) is 0. The Morgan fingerprint density at radius 1 is 1.12 bits per heavy atom. The highest BCUT2D eigenvalue weighted by Gasteiger charge is 2.16. The van der Waals surface area contributed by atoms with Crippen molar-refractivity contribution in [1.29, 1.82) is 0 Å². The molecule has 0 aliphatic carbocycles. The van der Waals surface area contributed by atoms with Crippen LogP contribution in [0.4, 0.5) is 0 Å². The van der Waals surface area contributed by atoms with Gasteiger partial charge in [-0.15, -0.1) is 0 Å². The van der Waals surface area contributed by atoms with E-state index in [0.29, 0.717) is 28.2 Å². The van der Waals surface area contributed by atoms with Gasteiger partial charge in [0.15, 0.2) is 10.9 Å². The second-order valence-corrected chi connectivity index (χ2v) is 9.04. The van der Waals surface area contributed by atoms with Crippen LogP contribution in [0.2, 0.25) is 0 Å². The van der Waals surface area contributed by atoms with E-state index in [1.165, 1.54) is 22.2 Å². The molecular formula is C25H30N3O3S+. The molecule has 3 aromatic rings. The van der Waals surface area contributed by atoms with Gasteiger partial charge >= 0.3 is 0 Å². The molecule has 1 fully saturated rings. The number of hydrogen-bond donors (Lipinski definition) is 1. The number of quaternary nitrogens is 1. The first-order valence-corrected chi connectivity index (χ1v) is 12.3. The number of carbonyl (C=O) groups excluding carboxylic acids is 1. The number of morpholine rings is 1. The van der Waals surface area contributed by atoms with Crippen molar-refractivity contribution >= 4 is 28.4 Å². The van der Waals surface area contributed by atoms with Crippen molar-refractivity contribution in [2.75, 3.05) is 38.6 Å². The van der Waals surface area contributed by atoms with Crippen molar-refractivity contribution in [1.82, 2.24) is 9.55 Å². The molecule has 2 aromatic carbocycles. The van der Waals surface area contributed by atoms with E-state index in [2.05, 4.69) is 6.92 Å². The number of ketones is 1. The largest absolute Gasteiger partial charge is 0.370 e. The molecule has 0 unspecified atom stereocenters. The number of carbonyl (C=O) groups is 1. The first-order valence-electron chi connectivity index (χ1n) is 11.3. The van der Waals surface area contributed by atoms with Crippen LogP contribution in [0.3, 0.4) is 0 Å². The predicted molar refractivity (Wildman–Crippen MR) is 128 cm³/mol. The van der Waals surface area contributed by atoms with Crippen LogP contribution >= 0.6 is 11.8 Å².